The lowest BCUT2D eigenvalue weighted by molar-refractivity contribution is -0.134. The van der Waals surface area contributed by atoms with E-state index in [1.165, 1.54) is 0 Å². The van der Waals surface area contributed by atoms with Gasteiger partial charge in [-0.25, -0.2) is 0 Å². The molecule has 4 rings (SSSR count). The summed E-state index contributed by atoms with van der Waals surface area (Å²) in [6, 6.07) is 11.6. The second-order valence-electron chi connectivity index (χ2n) is 6.80. The summed E-state index contributed by atoms with van der Waals surface area (Å²) < 4.78 is 10.5. The normalized spacial score (nSPS) is 13.6. The SMILES string of the molecule is CCC(=O)Oc1noc2cc(-c3cc(C(=O)NC4CC4)ccc3C)ccc12. The van der Waals surface area contributed by atoms with Gasteiger partial charge in [0, 0.05) is 18.0 Å². The number of carbonyl (C=O) groups excluding carboxylic acids is 2. The molecule has 1 N–H and O–H groups in total. The number of esters is 1. The smallest absolute Gasteiger partial charge is 0.312 e. The predicted octanol–water partition coefficient (Wildman–Crippen LogP) is 4.01. The lowest BCUT2D eigenvalue weighted by Gasteiger charge is -2.10. The number of benzene rings is 2. The number of nitrogens with zero attached hydrogens (tertiary/aromatic N) is 1. The van der Waals surface area contributed by atoms with Crippen molar-refractivity contribution in [3.63, 3.8) is 0 Å². The largest absolute Gasteiger partial charge is 0.403 e. The number of nitrogens with one attached hydrogen (secondary N) is 1. The van der Waals surface area contributed by atoms with Gasteiger partial charge in [-0.05, 0) is 65.9 Å². The quantitative estimate of drug-likeness (QED) is 0.692. The van der Waals surface area contributed by atoms with E-state index in [4.69, 9.17) is 9.26 Å². The van der Waals surface area contributed by atoms with Crippen molar-refractivity contribution < 1.29 is 18.8 Å². The van der Waals surface area contributed by atoms with Crippen molar-refractivity contribution in [1.29, 1.82) is 0 Å². The fraction of sp³-hybridized carbons (Fsp3) is 0.286. The van der Waals surface area contributed by atoms with Gasteiger partial charge in [-0.2, -0.15) is 0 Å². The summed E-state index contributed by atoms with van der Waals surface area (Å²) in [5, 5.41) is 7.49. The molecule has 6 heteroatoms. The molecule has 1 amide bonds. The molecule has 0 aliphatic heterocycles. The second-order valence-corrected chi connectivity index (χ2v) is 6.80. The fourth-order valence-corrected chi connectivity index (χ4v) is 2.91. The van der Waals surface area contributed by atoms with Gasteiger partial charge >= 0.3 is 5.97 Å². The Balaban J connectivity index is 1.67. The molecule has 0 saturated heterocycles. The van der Waals surface area contributed by atoms with Gasteiger partial charge < -0.3 is 14.6 Å². The number of aryl methyl sites for hydroxylation is 1. The molecule has 27 heavy (non-hydrogen) atoms. The molecule has 1 saturated carbocycles. The maximum atomic E-state index is 12.3. The van der Waals surface area contributed by atoms with Crippen LogP contribution in [-0.2, 0) is 4.79 Å². The molecule has 6 nitrogen and oxygen atoms in total. The summed E-state index contributed by atoms with van der Waals surface area (Å²) in [6.45, 7) is 3.72. The van der Waals surface area contributed by atoms with Gasteiger partial charge in [0.05, 0.1) is 5.39 Å². The van der Waals surface area contributed by atoms with E-state index in [-0.39, 0.29) is 24.2 Å². The minimum atomic E-state index is -0.362. The first kappa shape index (κ1) is 17.3. The van der Waals surface area contributed by atoms with Crippen LogP contribution < -0.4 is 10.1 Å². The third kappa shape index (κ3) is 3.56. The molecule has 1 aliphatic rings. The monoisotopic (exact) mass is 364 g/mol. The molecular formula is C21H20N2O4. The first-order chi connectivity index (χ1) is 13.0. The van der Waals surface area contributed by atoms with E-state index in [0.717, 1.165) is 29.5 Å². The van der Waals surface area contributed by atoms with Gasteiger partial charge in [-0.15, -0.1) is 0 Å². The average Bonchev–Trinajstić information content (AvgIpc) is 3.40. The third-order valence-corrected chi connectivity index (χ3v) is 4.66. The van der Waals surface area contributed by atoms with Gasteiger partial charge in [-0.3, -0.25) is 9.59 Å². The van der Waals surface area contributed by atoms with Crippen LogP contribution in [0.3, 0.4) is 0 Å². The van der Waals surface area contributed by atoms with Gasteiger partial charge in [0.2, 0.25) is 0 Å². The number of amides is 1. The van der Waals surface area contributed by atoms with Crippen LogP contribution in [0.1, 0.15) is 42.1 Å². The second kappa shape index (κ2) is 6.87. The highest BCUT2D eigenvalue weighted by Gasteiger charge is 2.24. The first-order valence-corrected chi connectivity index (χ1v) is 9.07. The standard InChI is InChI=1S/C21H20N2O4/c1-3-19(24)26-21-16-9-6-13(11-18(16)27-23-21)17-10-14(5-4-12(17)2)20(25)22-15-7-8-15/h4-6,9-11,15H,3,7-8H2,1-2H3,(H,22,25). The minimum Gasteiger partial charge on any atom is -0.403 e. The van der Waals surface area contributed by atoms with Crippen LogP contribution in [-0.4, -0.2) is 23.1 Å². The summed E-state index contributed by atoms with van der Waals surface area (Å²) >= 11 is 0. The zero-order valence-corrected chi connectivity index (χ0v) is 15.2. The fourth-order valence-electron chi connectivity index (χ4n) is 2.91. The molecule has 1 heterocycles. The van der Waals surface area contributed by atoms with E-state index < -0.39 is 0 Å². The Morgan fingerprint density at radius 1 is 1.22 bits per heavy atom. The van der Waals surface area contributed by atoms with Crippen molar-refractivity contribution in [1.82, 2.24) is 10.5 Å². The van der Waals surface area contributed by atoms with Crippen LogP contribution in [0, 0.1) is 6.92 Å². The number of carbonyl (C=O) groups is 2. The van der Waals surface area contributed by atoms with E-state index in [1.54, 1.807) is 6.92 Å². The Morgan fingerprint density at radius 2 is 2.04 bits per heavy atom. The van der Waals surface area contributed by atoms with Crippen LogP contribution in [0.2, 0.25) is 0 Å². The van der Waals surface area contributed by atoms with Gasteiger partial charge in [-0.1, -0.05) is 19.1 Å². The van der Waals surface area contributed by atoms with Crippen LogP contribution in [0.5, 0.6) is 5.88 Å². The zero-order valence-electron chi connectivity index (χ0n) is 15.2. The molecule has 1 fully saturated rings. The molecule has 0 bridgehead atoms. The number of rotatable bonds is 5. The highest BCUT2D eigenvalue weighted by Crippen LogP contribution is 2.32. The molecule has 2 aromatic carbocycles. The number of fused-ring (bicyclic) bond motifs is 1. The Morgan fingerprint density at radius 3 is 2.78 bits per heavy atom. The molecule has 0 unspecified atom stereocenters. The topological polar surface area (TPSA) is 81.4 Å². The van der Waals surface area contributed by atoms with Crippen molar-refractivity contribution in [3.05, 3.63) is 47.5 Å². The Hall–Kier alpha value is -3.15. The average molecular weight is 364 g/mol. The van der Waals surface area contributed by atoms with Gasteiger partial charge in [0.1, 0.15) is 0 Å². The van der Waals surface area contributed by atoms with Crippen molar-refractivity contribution in [3.8, 4) is 17.0 Å². The molecule has 0 spiro atoms. The van der Waals surface area contributed by atoms with E-state index in [1.807, 2.05) is 43.3 Å². The molecule has 0 radical (unpaired) electrons. The van der Waals surface area contributed by atoms with Crippen molar-refractivity contribution >= 4 is 22.8 Å². The highest BCUT2D eigenvalue weighted by molar-refractivity contribution is 5.96. The lowest BCUT2D eigenvalue weighted by atomic mass is 9.97. The molecule has 3 aromatic rings. The van der Waals surface area contributed by atoms with Crippen molar-refractivity contribution in [2.45, 2.75) is 39.2 Å². The van der Waals surface area contributed by atoms with E-state index in [9.17, 15) is 9.59 Å². The van der Waals surface area contributed by atoms with Gasteiger partial charge in [0.15, 0.2) is 5.58 Å². The number of hydrogen-bond donors (Lipinski definition) is 1. The summed E-state index contributed by atoms with van der Waals surface area (Å²) in [7, 11) is 0. The minimum absolute atomic E-state index is 0.0479. The zero-order chi connectivity index (χ0) is 19.0. The summed E-state index contributed by atoms with van der Waals surface area (Å²) in [4.78, 5) is 23.8. The summed E-state index contributed by atoms with van der Waals surface area (Å²) in [5.41, 5.74) is 4.07. The van der Waals surface area contributed by atoms with Crippen LogP contribution in [0.25, 0.3) is 22.1 Å². The van der Waals surface area contributed by atoms with E-state index in [2.05, 4.69) is 10.5 Å². The number of aromatic nitrogens is 1. The maximum Gasteiger partial charge on any atom is 0.312 e. The van der Waals surface area contributed by atoms with Crippen molar-refractivity contribution in [2.75, 3.05) is 0 Å². The lowest BCUT2D eigenvalue weighted by Crippen LogP contribution is -2.25. The summed E-state index contributed by atoms with van der Waals surface area (Å²) in [6.07, 6.45) is 2.37. The predicted molar refractivity (Wildman–Crippen MR) is 101 cm³/mol. The van der Waals surface area contributed by atoms with Crippen LogP contribution in [0.4, 0.5) is 0 Å². The first-order valence-electron chi connectivity index (χ1n) is 9.07. The number of ether oxygens (including phenoxy) is 1. The van der Waals surface area contributed by atoms with E-state index in [0.29, 0.717) is 22.6 Å². The van der Waals surface area contributed by atoms with Crippen LogP contribution in [0.15, 0.2) is 40.9 Å². The molecule has 1 aromatic heterocycles. The molecule has 138 valence electrons. The van der Waals surface area contributed by atoms with Crippen LogP contribution >= 0.6 is 0 Å². The Bertz CT molecular complexity index is 1030. The highest BCUT2D eigenvalue weighted by atomic mass is 16.6. The maximum absolute atomic E-state index is 12.3. The number of hydrogen-bond acceptors (Lipinski definition) is 5. The summed E-state index contributed by atoms with van der Waals surface area (Å²) in [5.74, 6) is -0.231. The Kier molecular flexibility index (Phi) is 4.39. The molecular weight excluding hydrogens is 344 g/mol. The third-order valence-electron chi connectivity index (χ3n) is 4.66. The molecule has 1 aliphatic carbocycles. The molecule has 0 atom stereocenters. The van der Waals surface area contributed by atoms with Gasteiger partial charge in [0.25, 0.3) is 11.8 Å². The van der Waals surface area contributed by atoms with Crippen molar-refractivity contribution in [2.24, 2.45) is 0 Å². The Labute approximate surface area is 156 Å². The van der Waals surface area contributed by atoms with E-state index >= 15 is 0 Å².